The van der Waals surface area contributed by atoms with Gasteiger partial charge in [-0.1, -0.05) is 23.7 Å². The summed E-state index contributed by atoms with van der Waals surface area (Å²) in [7, 11) is 1.56. The molecular weight excluding hydrogens is 290 g/mol. The second-order valence-electron chi connectivity index (χ2n) is 4.52. The molecule has 1 heterocycles. The predicted molar refractivity (Wildman–Crippen MR) is 81.8 cm³/mol. The molecule has 3 aromatic rings. The molecule has 0 saturated carbocycles. The second-order valence-corrected chi connectivity index (χ2v) is 4.90. The molecule has 0 amide bonds. The van der Waals surface area contributed by atoms with Gasteiger partial charge >= 0.3 is 5.97 Å². The molecular formula is C16H12ClNO3. The second kappa shape index (κ2) is 5.14. The van der Waals surface area contributed by atoms with Gasteiger partial charge in [0.2, 0.25) is 0 Å². The fourth-order valence-corrected chi connectivity index (χ4v) is 2.70. The minimum Gasteiger partial charge on any atom is -0.495 e. The molecule has 3 rings (SSSR count). The SMILES string of the molecule is COc1cccc(-n2ccc3c(C(=O)O)cccc32)c1Cl. The summed E-state index contributed by atoms with van der Waals surface area (Å²) in [6, 6.07) is 12.4. The Hall–Kier alpha value is -2.46. The van der Waals surface area contributed by atoms with Crippen molar-refractivity contribution >= 4 is 28.5 Å². The van der Waals surface area contributed by atoms with E-state index in [1.165, 1.54) is 0 Å². The Morgan fingerprint density at radius 3 is 2.67 bits per heavy atom. The van der Waals surface area contributed by atoms with Crippen LogP contribution in [0.3, 0.4) is 0 Å². The van der Waals surface area contributed by atoms with Crippen molar-refractivity contribution in [3.8, 4) is 11.4 Å². The molecule has 0 spiro atoms. The molecule has 0 fully saturated rings. The minimum atomic E-state index is -0.949. The number of nitrogens with zero attached hydrogens (tertiary/aromatic N) is 1. The van der Waals surface area contributed by atoms with Crippen molar-refractivity contribution in [2.45, 2.75) is 0 Å². The zero-order valence-electron chi connectivity index (χ0n) is 11.2. The van der Waals surface area contributed by atoms with Crippen LogP contribution in [0.4, 0.5) is 0 Å². The number of hydrogen-bond donors (Lipinski definition) is 1. The maximum atomic E-state index is 11.3. The molecule has 1 aromatic heterocycles. The Kier molecular flexibility index (Phi) is 3.31. The van der Waals surface area contributed by atoms with E-state index in [4.69, 9.17) is 16.3 Å². The quantitative estimate of drug-likeness (QED) is 0.796. The Balaban J connectivity index is 2.28. The monoisotopic (exact) mass is 301 g/mol. The highest BCUT2D eigenvalue weighted by Gasteiger charge is 2.14. The molecule has 5 heteroatoms. The summed E-state index contributed by atoms with van der Waals surface area (Å²) >= 11 is 6.34. The van der Waals surface area contributed by atoms with Crippen LogP contribution >= 0.6 is 11.6 Å². The van der Waals surface area contributed by atoms with Gasteiger partial charge < -0.3 is 14.4 Å². The van der Waals surface area contributed by atoms with Crippen LogP contribution in [0, 0.1) is 0 Å². The fourth-order valence-electron chi connectivity index (χ4n) is 2.41. The highest BCUT2D eigenvalue weighted by atomic mass is 35.5. The average Bonchev–Trinajstić information content (AvgIpc) is 2.91. The molecule has 0 aliphatic rings. The maximum absolute atomic E-state index is 11.3. The highest BCUT2D eigenvalue weighted by molar-refractivity contribution is 6.34. The highest BCUT2D eigenvalue weighted by Crippen LogP contribution is 2.33. The summed E-state index contributed by atoms with van der Waals surface area (Å²) in [4.78, 5) is 11.3. The van der Waals surface area contributed by atoms with Crippen LogP contribution in [0.5, 0.6) is 5.75 Å². The summed E-state index contributed by atoms with van der Waals surface area (Å²) in [5, 5.41) is 10.4. The molecule has 106 valence electrons. The normalized spacial score (nSPS) is 10.8. The molecule has 21 heavy (non-hydrogen) atoms. The number of benzene rings is 2. The summed E-state index contributed by atoms with van der Waals surface area (Å²) in [5.74, 6) is -0.375. The van der Waals surface area contributed by atoms with Crippen LogP contribution in [0.1, 0.15) is 10.4 Å². The molecule has 0 aliphatic carbocycles. The van der Waals surface area contributed by atoms with E-state index in [1.54, 1.807) is 37.6 Å². The van der Waals surface area contributed by atoms with Crippen LogP contribution < -0.4 is 4.74 Å². The largest absolute Gasteiger partial charge is 0.495 e. The number of ether oxygens (including phenoxy) is 1. The van der Waals surface area contributed by atoms with E-state index in [2.05, 4.69) is 0 Å². The lowest BCUT2D eigenvalue weighted by Gasteiger charge is -2.11. The Labute approximate surface area is 126 Å². The van der Waals surface area contributed by atoms with Crippen molar-refractivity contribution in [2.75, 3.05) is 7.11 Å². The molecule has 0 bridgehead atoms. The Morgan fingerprint density at radius 2 is 1.95 bits per heavy atom. The average molecular weight is 302 g/mol. The number of aromatic nitrogens is 1. The van der Waals surface area contributed by atoms with Crippen molar-refractivity contribution < 1.29 is 14.6 Å². The fraction of sp³-hybridized carbons (Fsp3) is 0.0625. The van der Waals surface area contributed by atoms with Gasteiger partial charge in [-0.2, -0.15) is 0 Å². The van der Waals surface area contributed by atoms with E-state index in [-0.39, 0.29) is 5.56 Å². The van der Waals surface area contributed by atoms with Crippen LogP contribution in [0.25, 0.3) is 16.6 Å². The van der Waals surface area contributed by atoms with Crippen LogP contribution in [0.2, 0.25) is 5.02 Å². The van der Waals surface area contributed by atoms with E-state index in [0.717, 1.165) is 11.2 Å². The molecule has 0 radical (unpaired) electrons. The van der Waals surface area contributed by atoms with Gasteiger partial charge in [0.25, 0.3) is 0 Å². The molecule has 0 saturated heterocycles. The number of methoxy groups -OCH3 is 1. The maximum Gasteiger partial charge on any atom is 0.336 e. The first-order valence-electron chi connectivity index (χ1n) is 6.29. The molecule has 4 nitrogen and oxygen atoms in total. The van der Waals surface area contributed by atoms with E-state index in [1.807, 2.05) is 22.8 Å². The van der Waals surface area contributed by atoms with Gasteiger partial charge in [-0.15, -0.1) is 0 Å². The smallest absolute Gasteiger partial charge is 0.336 e. The third-order valence-corrected chi connectivity index (χ3v) is 3.77. The van der Waals surface area contributed by atoms with Gasteiger partial charge in [-0.05, 0) is 30.3 Å². The third kappa shape index (κ3) is 2.14. The van der Waals surface area contributed by atoms with Crippen molar-refractivity contribution in [2.24, 2.45) is 0 Å². The van der Waals surface area contributed by atoms with Crippen molar-refractivity contribution in [3.63, 3.8) is 0 Å². The standard InChI is InChI=1S/C16H12ClNO3/c1-21-14-7-3-6-13(15(14)17)18-9-8-10-11(16(19)20)4-2-5-12(10)18/h2-9H,1H3,(H,19,20). The first kappa shape index (κ1) is 13.5. The van der Waals surface area contributed by atoms with Gasteiger partial charge in [-0.3, -0.25) is 0 Å². The molecule has 2 aromatic carbocycles. The number of carboxylic acid groups (broad SMARTS) is 1. The van der Waals surface area contributed by atoms with E-state index in [0.29, 0.717) is 16.2 Å². The molecule has 0 aliphatic heterocycles. The summed E-state index contributed by atoms with van der Waals surface area (Å²) in [6.07, 6.45) is 1.80. The lowest BCUT2D eigenvalue weighted by atomic mass is 10.1. The number of aromatic carboxylic acids is 1. The first-order chi connectivity index (χ1) is 10.1. The summed E-state index contributed by atoms with van der Waals surface area (Å²) in [6.45, 7) is 0. The number of carboxylic acids is 1. The lowest BCUT2D eigenvalue weighted by Crippen LogP contribution is -1.98. The number of hydrogen-bond acceptors (Lipinski definition) is 2. The van der Waals surface area contributed by atoms with Crippen LogP contribution in [-0.4, -0.2) is 22.8 Å². The van der Waals surface area contributed by atoms with Crippen molar-refractivity contribution in [3.05, 3.63) is 59.2 Å². The molecule has 0 atom stereocenters. The minimum absolute atomic E-state index is 0.269. The van der Waals surface area contributed by atoms with Crippen molar-refractivity contribution in [1.29, 1.82) is 0 Å². The van der Waals surface area contributed by atoms with Crippen molar-refractivity contribution in [1.82, 2.24) is 4.57 Å². The third-order valence-electron chi connectivity index (χ3n) is 3.39. The van der Waals surface area contributed by atoms with E-state index >= 15 is 0 Å². The summed E-state index contributed by atoms with van der Waals surface area (Å²) < 4.78 is 7.07. The predicted octanol–water partition coefficient (Wildman–Crippen LogP) is 3.99. The van der Waals surface area contributed by atoms with Crippen LogP contribution in [0.15, 0.2) is 48.7 Å². The summed E-state index contributed by atoms with van der Waals surface area (Å²) in [5.41, 5.74) is 1.80. The Bertz CT molecular complexity index is 839. The number of halogens is 1. The van der Waals surface area contributed by atoms with Gasteiger partial charge in [-0.25, -0.2) is 4.79 Å². The molecule has 0 unspecified atom stereocenters. The number of fused-ring (bicyclic) bond motifs is 1. The van der Waals surface area contributed by atoms with Gasteiger partial charge in [0.05, 0.1) is 23.9 Å². The zero-order chi connectivity index (χ0) is 15.0. The topological polar surface area (TPSA) is 51.5 Å². The van der Waals surface area contributed by atoms with Gasteiger partial charge in [0, 0.05) is 11.6 Å². The van der Waals surface area contributed by atoms with E-state index in [9.17, 15) is 9.90 Å². The lowest BCUT2D eigenvalue weighted by molar-refractivity contribution is 0.0699. The van der Waals surface area contributed by atoms with Gasteiger partial charge in [0.1, 0.15) is 10.8 Å². The molecule has 1 N–H and O–H groups in total. The van der Waals surface area contributed by atoms with E-state index < -0.39 is 5.97 Å². The zero-order valence-corrected chi connectivity index (χ0v) is 12.0. The number of carbonyl (C=O) groups is 1. The van der Waals surface area contributed by atoms with Crippen LogP contribution in [-0.2, 0) is 0 Å². The van der Waals surface area contributed by atoms with Gasteiger partial charge in [0.15, 0.2) is 0 Å². The first-order valence-corrected chi connectivity index (χ1v) is 6.67. The number of rotatable bonds is 3. The Morgan fingerprint density at radius 1 is 1.19 bits per heavy atom.